The molecule has 3 unspecified atom stereocenters. The molecule has 1 saturated carbocycles. The van der Waals surface area contributed by atoms with E-state index in [-0.39, 0.29) is 6.10 Å². The van der Waals surface area contributed by atoms with E-state index in [1.54, 1.807) is 0 Å². The van der Waals surface area contributed by atoms with Crippen molar-refractivity contribution >= 4 is 0 Å². The fraction of sp³-hybridized carbons (Fsp3) is 1.00. The van der Waals surface area contributed by atoms with Crippen molar-refractivity contribution in [2.75, 3.05) is 6.54 Å². The molecule has 1 aliphatic carbocycles. The van der Waals surface area contributed by atoms with Crippen LogP contribution in [0.15, 0.2) is 0 Å². The van der Waals surface area contributed by atoms with E-state index in [4.69, 9.17) is 0 Å². The van der Waals surface area contributed by atoms with Gasteiger partial charge in [0.05, 0.1) is 6.10 Å². The van der Waals surface area contributed by atoms with E-state index in [0.717, 1.165) is 24.8 Å². The Hall–Kier alpha value is -0.0800. The summed E-state index contributed by atoms with van der Waals surface area (Å²) in [5, 5.41) is 9.56. The lowest BCUT2D eigenvalue weighted by molar-refractivity contribution is 0.125. The average molecular weight is 197 g/mol. The minimum atomic E-state index is -0.0200. The van der Waals surface area contributed by atoms with Crippen LogP contribution in [-0.2, 0) is 0 Å². The number of likely N-dealkylation sites (tertiary alicyclic amines) is 1. The van der Waals surface area contributed by atoms with E-state index >= 15 is 0 Å². The van der Waals surface area contributed by atoms with Gasteiger partial charge in [0.1, 0.15) is 0 Å². The fourth-order valence-corrected chi connectivity index (χ4v) is 3.22. The van der Waals surface area contributed by atoms with Gasteiger partial charge in [-0.15, -0.1) is 0 Å². The van der Waals surface area contributed by atoms with Gasteiger partial charge >= 0.3 is 0 Å². The van der Waals surface area contributed by atoms with Crippen molar-refractivity contribution in [3.63, 3.8) is 0 Å². The van der Waals surface area contributed by atoms with E-state index in [2.05, 4.69) is 18.7 Å². The topological polar surface area (TPSA) is 23.5 Å². The van der Waals surface area contributed by atoms with Crippen molar-refractivity contribution < 1.29 is 5.11 Å². The van der Waals surface area contributed by atoms with Crippen LogP contribution in [0.2, 0.25) is 0 Å². The molecule has 1 saturated heterocycles. The number of aliphatic hydroxyl groups is 1. The van der Waals surface area contributed by atoms with Crippen molar-refractivity contribution in [2.45, 2.75) is 64.1 Å². The maximum atomic E-state index is 9.56. The molecule has 3 atom stereocenters. The predicted molar refractivity (Wildman–Crippen MR) is 58.2 cm³/mol. The molecule has 0 amide bonds. The van der Waals surface area contributed by atoms with Gasteiger partial charge in [-0.2, -0.15) is 0 Å². The van der Waals surface area contributed by atoms with Crippen LogP contribution in [0.3, 0.4) is 0 Å². The van der Waals surface area contributed by atoms with Gasteiger partial charge in [0.2, 0.25) is 0 Å². The molecule has 0 bridgehead atoms. The van der Waals surface area contributed by atoms with Crippen LogP contribution in [0.5, 0.6) is 0 Å². The van der Waals surface area contributed by atoms with Crippen LogP contribution in [-0.4, -0.2) is 34.7 Å². The number of hydrogen-bond donors (Lipinski definition) is 1. The minimum absolute atomic E-state index is 0.0200. The molecule has 82 valence electrons. The molecule has 0 aromatic heterocycles. The average Bonchev–Trinajstić information content (AvgIpc) is 2.70. The molecule has 2 nitrogen and oxygen atoms in total. The third-order valence-electron chi connectivity index (χ3n) is 3.96. The molecule has 14 heavy (non-hydrogen) atoms. The summed E-state index contributed by atoms with van der Waals surface area (Å²) < 4.78 is 0. The lowest BCUT2D eigenvalue weighted by atomic mass is 10.0. The Labute approximate surface area is 87.3 Å². The first-order chi connectivity index (χ1) is 6.68. The van der Waals surface area contributed by atoms with E-state index in [9.17, 15) is 5.11 Å². The summed E-state index contributed by atoms with van der Waals surface area (Å²) in [6.45, 7) is 5.92. The first kappa shape index (κ1) is 10.4. The molecule has 2 fully saturated rings. The smallest absolute Gasteiger partial charge is 0.0555 e. The van der Waals surface area contributed by atoms with Crippen molar-refractivity contribution in [3.8, 4) is 0 Å². The Morgan fingerprint density at radius 3 is 2.57 bits per heavy atom. The summed E-state index contributed by atoms with van der Waals surface area (Å²) >= 11 is 0. The van der Waals surface area contributed by atoms with Crippen LogP contribution in [0.1, 0.15) is 46.0 Å². The predicted octanol–water partition coefficient (Wildman–Crippen LogP) is 2.02. The number of rotatable bonds is 2. The Morgan fingerprint density at radius 2 is 2.00 bits per heavy atom. The molecule has 2 heteroatoms. The molecule has 1 heterocycles. The highest BCUT2D eigenvalue weighted by molar-refractivity contribution is 4.90. The SMILES string of the molecule is CC(C)C1CCCN1C1CCC(O)C1. The largest absolute Gasteiger partial charge is 0.393 e. The van der Waals surface area contributed by atoms with E-state index < -0.39 is 0 Å². The zero-order chi connectivity index (χ0) is 10.1. The maximum absolute atomic E-state index is 9.56. The summed E-state index contributed by atoms with van der Waals surface area (Å²) in [5.74, 6) is 0.773. The van der Waals surface area contributed by atoms with Crippen LogP contribution in [0.4, 0.5) is 0 Å². The van der Waals surface area contributed by atoms with Gasteiger partial charge in [-0.1, -0.05) is 13.8 Å². The molecule has 0 spiro atoms. The number of hydrogen-bond acceptors (Lipinski definition) is 2. The zero-order valence-electron chi connectivity index (χ0n) is 9.45. The van der Waals surface area contributed by atoms with E-state index in [1.165, 1.54) is 25.8 Å². The first-order valence-electron chi connectivity index (χ1n) is 6.12. The molecule has 2 rings (SSSR count). The molecule has 1 N–H and O–H groups in total. The van der Waals surface area contributed by atoms with Crippen LogP contribution < -0.4 is 0 Å². The minimum Gasteiger partial charge on any atom is -0.393 e. The summed E-state index contributed by atoms with van der Waals surface area (Å²) in [4.78, 5) is 2.67. The molecule has 0 aromatic carbocycles. The molecular formula is C12H23NO. The highest BCUT2D eigenvalue weighted by Gasteiger charge is 2.35. The monoisotopic (exact) mass is 197 g/mol. The van der Waals surface area contributed by atoms with Gasteiger partial charge in [0, 0.05) is 12.1 Å². The second-order valence-electron chi connectivity index (χ2n) is 5.31. The van der Waals surface area contributed by atoms with E-state index in [1.807, 2.05) is 0 Å². The number of nitrogens with zero attached hydrogens (tertiary/aromatic N) is 1. The summed E-state index contributed by atoms with van der Waals surface area (Å²) in [7, 11) is 0. The standard InChI is InChI=1S/C12H23NO/c1-9(2)12-4-3-7-13(12)10-5-6-11(14)8-10/h9-12,14H,3-8H2,1-2H3. The van der Waals surface area contributed by atoms with Crippen molar-refractivity contribution in [3.05, 3.63) is 0 Å². The third kappa shape index (κ3) is 1.96. The van der Waals surface area contributed by atoms with E-state index in [0.29, 0.717) is 6.04 Å². The lowest BCUT2D eigenvalue weighted by Crippen LogP contribution is -2.40. The van der Waals surface area contributed by atoms with Crippen molar-refractivity contribution in [1.29, 1.82) is 0 Å². The Morgan fingerprint density at radius 1 is 1.21 bits per heavy atom. The Kier molecular flexibility index (Phi) is 3.13. The lowest BCUT2D eigenvalue weighted by Gasteiger charge is -2.32. The van der Waals surface area contributed by atoms with Crippen LogP contribution in [0.25, 0.3) is 0 Å². The van der Waals surface area contributed by atoms with Crippen molar-refractivity contribution in [2.24, 2.45) is 5.92 Å². The Balaban J connectivity index is 1.96. The van der Waals surface area contributed by atoms with Gasteiger partial charge in [-0.05, 0) is 44.6 Å². The summed E-state index contributed by atoms with van der Waals surface area (Å²) in [6, 6.07) is 1.46. The quantitative estimate of drug-likeness (QED) is 0.732. The first-order valence-corrected chi connectivity index (χ1v) is 6.12. The Bertz CT molecular complexity index is 193. The molecule has 0 radical (unpaired) electrons. The number of aliphatic hydroxyl groups excluding tert-OH is 1. The third-order valence-corrected chi connectivity index (χ3v) is 3.96. The normalized spacial score (nSPS) is 39.9. The van der Waals surface area contributed by atoms with Gasteiger partial charge in [-0.25, -0.2) is 0 Å². The van der Waals surface area contributed by atoms with Crippen LogP contribution >= 0.6 is 0 Å². The molecule has 2 aliphatic rings. The van der Waals surface area contributed by atoms with Gasteiger partial charge in [0.15, 0.2) is 0 Å². The second kappa shape index (κ2) is 4.19. The highest BCUT2D eigenvalue weighted by Crippen LogP contribution is 2.32. The maximum Gasteiger partial charge on any atom is 0.0555 e. The summed E-state index contributed by atoms with van der Waals surface area (Å²) in [5.41, 5.74) is 0. The highest BCUT2D eigenvalue weighted by atomic mass is 16.3. The van der Waals surface area contributed by atoms with Gasteiger partial charge in [0.25, 0.3) is 0 Å². The van der Waals surface area contributed by atoms with Gasteiger partial charge in [-0.3, -0.25) is 4.90 Å². The summed E-state index contributed by atoms with van der Waals surface area (Å²) in [6.07, 6.45) is 5.95. The second-order valence-corrected chi connectivity index (χ2v) is 5.31. The van der Waals surface area contributed by atoms with Gasteiger partial charge < -0.3 is 5.11 Å². The fourth-order valence-electron chi connectivity index (χ4n) is 3.22. The molecule has 1 aliphatic heterocycles. The molecular weight excluding hydrogens is 174 g/mol. The molecule has 0 aromatic rings. The zero-order valence-corrected chi connectivity index (χ0v) is 9.45. The van der Waals surface area contributed by atoms with Crippen LogP contribution in [0, 0.1) is 5.92 Å². The van der Waals surface area contributed by atoms with Crippen molar-refractivity contribution in [1.82, 2.24) is 4.90 Å².